The van der Waals surface area contributed by atoms with Crippen molar-refractivity contribution in [2.75, 3.05) is 25.9 Å². The predicted molar refractivity (Wildman–Crippen MR) is 74.6 cm³/mol. The molecule has 20 heavy (non-hydrogen) atoms. The van der Waals surface area contributed by atoms with Gasteiger partial charge < -0.3 is 21.7 Å². The topological polar surface area (TPSA) is 113 Å². The lowest BCUT2D eigenvalue weighted by molar-refractivity contribution is -0.127. The maximum absolute atomic E-state index is 11.6. The number of hydrogen-bond donors (Lipinski definition) is 4. The van der Waals surface area contributed by atoms with Crippen LogP contribution in [0.25, 0.3) is 0 Å². The van der Waals surface area contributed by atoms with E-state index in [9.17, 15) is 14.4 Å². The fourth-order valence-electron chi connectivity index (χ4n) is 1.39. The Kier molecular flexibility index (Phi) is 6.02. The summed E-state index contributed by atoms with van der Waals surface area (Å²) < 4.78 is 0. The Labute approximate surface area is 116 Å². The van der Waals surface area contributed by atoms with Gasteiger partial charge in [-0.3, -0.25) is 14.4 Å². The lowest BCUT2D eigenvalue weighted by Crippen LogP contribution is -2.41. The second-order valence-corrected chi connectivity index (χ2v) is 4.14. The summed E-state index contributed by atoms with van der Waals surface area (Å²) in [5, 5.41) is 7.22. The molecule has 0 aliphatic heterocycles. The molecule has 0 saturated heterocycles. The summed E-state index contributed by atoms with van der Waals surface area (Å²) >= 11 is 0. The third-order valence-corrected chi connectivity index (χ3v) is 2.52. The molecule has 1 aromatic rings. The highest BCUT2D eigenvalue weighted by Gasteiger charge is 2.07. The van der Waals surface area contributed by atoms with Gasteiger partial charge in [-0.15, -0.1) is 0 Å². The molecular weight excluding hydrogens is 260 g/mol. The van der Waals surface area contributed by atoms with Crippen molar-refractivity contribution in [1.29, 1.82) is 0 Å². The van der Waals surface area contributed by atoms with Crippen LogP contribution < -0.4 is 21.7 Å². The molecule has 0 bridgehead atoms. The first kappa shape index (κ1) is 15.5. The number of rotatable bonds is 6. The van der Waals surface area contributed by atoms with Crippen molar-refractivity contribution >= 4 is 23.4 Å². The van der Waals surface area contributed by atoms with E-state index < -0.39 is 5.91 Å². The summed E-state index contributed by atoms with van der Waals surface area (Å²) in [6.45, 7) is -0.270. The van der Waals surface area contributed by atoms with Crippen LogP contribution >= 0.6 is 0 Å². The highest BCUT2D eigenvalue weighted by atomic mass is 16.2. The zero-order chi connectivity index (χ0) is 15.0. The number of benzene rings is 1. The largest absolute Gasteiger partial charge is 0.399 e. The van der Waals surface area contributed by atoms with E-state index in [0.717, 1.165) is 5.56 Å². The number of hydrogen-bond acceptors (Lipinski definition) is 4. The molecule has 0 aromatic heterocycles. The van der Waals surface area contributed by atoms with Gasteiger partial charge in [-0.1, -0.05) is 12.1 Å². The normalized spacial score (nSPS) is 9.65. The minimum absolute atomic E-state index is 0.108. The Balaban J connectivity index is 2.27. The number of carbonyl (C=O) groups excluding carboxylic acids is 3. The Morgan fingerprint density at radius 1 is 0.950 bits per heavy atom. The van der Waals surface area contributed by atoms with E-state index >= 15 is 0 Å². The van der Waals surface area contributed by atoms with E-state index in [1.807, 2.05) is 0 Å². The molecule has 0 unspecified atom stereocenters. The number of anilines is 1. The highest BCUT2D eigenvalue weighted by Crippen LogP contribution is 2.05. The van der Waals surface area contributed by atoms with Crippen LogP contribution in [0.2, 0.25) is 0 Å². The quantitative estimate of drug-likeness (QED) is 0.489. The van der Waals surface area contributed by atoms with Crippen LogP contribution in [0.3, 0.4) is 0 Å². The molecule has 7 nitrogen and oxygen atoms in total. The van der Waals surface area contributed by atoms with E-state index in [-0.39, 0.29) is 31.3 Å². The van der Waals surface area contributed by atoms with Gasteiger partial charge in [0.2, 0.25) is 17.7 Å². The SMILES string of the molecule is CNC(=O)CNC(=O)CNC(=O)Cc1ccc(N)cc1. The van der Waals surface area contributed by atoms with E-state index in [1.165, 1.54) is 7.05 Å². The van der Waals surface area contributed by atoms with Gasteiger partial charge in [0.05, 0.1) is 19.5 Å². The maximum atomic E-state index is 11.6. The van der Waals surface area contributed by atoms with Crippen LogP contribution in [0.15, 0.2) is 24.3 Å². The van der Waals surface area contributed by atoms with Gasteiger partial charge in [0.15, 0.2) is 0 Å². The standard InChI is InChI=1S/C13H18N4O3/c1-15-12(19)7-17-13(20)8-16-11(18)6-9-2-4-10(14)5-3-9/h2-5H,6-8,14H2,1H3,(H,15,19)(H,16,18)(H,17,20). The Bertz CT molecular complexity index is 485. The second-order valence-electron chi connectivity index (χ2n) is 4.14. The highest BCUT2D eigenvalue weighted by molar-refractivity contribution is 5.88. The third kappa shape index (κ3) is 5.85. The van der Waals surface area contributed by atoms with Gasteiger partial charge >= 0.3 is 0 Å². The number of likely N-dealkylation sites (N-methyl/N-ethyl adjacent to an activating group) is 1. The van der Waals surface area contributed by atoms with Gasteiger partial charge in [-0.05, 0) is 17.7 Å². The van der Waals surface area contributed by atoms with Crippen molar-refractivity contribution in [3.8, 4) is 0 Å². The van der Waals surface area contributed by atoms with Gasteiger partial charge in [0.1, 0.15) is 0 Å². The number of nitrogens with one attached hydrogen (secondary N) is 3. The number of nitrogens with two attached hydrogens (primary N) is 1. The van der Waals surface area contributed by atoms with Crippen LogP contribution in [-0.4, -0.2) is 37.9 Å². The van der Waals surface area contributed by atoms with Crippen LogP contribution in [0.5, 0.6) is 0 Å². The lowest BCUT2D eigenvalue weighted by atomic mass is 10.1. The van der Waals surface area contributed by atoms with Gasteiger partial charge in [0.25, 0.3) is 0 Å². The van der Waals surface area contributed by atoms with Crippen molar-refractivity contribution in [3.05, 3.63) is 29.8 Å². The molecule has 0 spiro atoms. The van der Waals surface area contributed by atoms with Crippen molar-refractivity contribution in [2.45, 2.75) is 6.42 Å². The van der Waals surface area contributed by atoms with Gasteiger partial charge in [-0.2, -0.15) is 0 Å². The van der Waals surface area contributed by atoms with Crippen molar-refractivity contribution < 1.29 is 14.4 Å². The van der Waals surface area contributed by atoms with Crippen LogP contribution in [-0.2, 0) is 20.8 Å². The van der Waals surface area contributed by atoms with Crippen LogP contribution in [0.4, 0.5) is 5.69 Å². The molecule has 0 atom stereocenters. The molecule has 0 heterocycles. The molecule has 3 amide bonds. The maximum Gasteiger partial charge on any atom is 0.239 e. The van der Waals surface area contributed by atoms with E-state index in [1.54, 1.807) is 24.3 Å². The molecule has 0 fully saturated rings. The summed E-state index contributed by atoms with van der Waals surface area (Å²) in [6, 6.07) is 6.92. The summed E-state index contributed by atoms with van der Waals surface area (Å²) in [5.41, 5.74) is 6.97. The average molecular weight is 278 g/mol. The second kappa shape index (κ2) is 7.78. The molecule has 0 aliphatic carbocycles. The van der Waals surface area contributed by atoms with Crippen molar-refractivity contribution in [3.63, 3.8) is 0 Å². The summed E-state index contributed by atoms with van der Waals surface area (Å²) in [7, 11) is 1.48. The summed E-state index contributed by atoms with van der Waals surface area (Å²) in [6.07, 6.45) is 0.170. The average Bonchev–Trinajstić information content (AvgIpc) is 2.45. The van der Waals surface area contributed by atoms with E-state index in [2.05, 4.69) is 16.0 Å². The number of amides is 3. The smallest absolute Gasteiger partial charge is 0.239 e. The van der Waals surface area contributed by atoms with Crippen LogP contribution in [0.1, 0.15) is 5.56 Å². The van der Waals surface area contributed by atoms with Crippen LogP contribution in [0, 0.1) is 0 Å². The molecular formula is C13H18N4O3. The molecule has 1 aromatic carbocycles. The fraction of sp³-hybridized carbons (Fsp3) is 0.308. The predicted octanol–water partition coefficient (Wildman–Crippen LogP) is -1.21. The summed E-state index contributed by atoms with van der Waals surface area (Å²) in [5.74, 6) is -0.990. The zero-order valence-corrected chi connectivity index (χ0v) is 11.2. The molecule has 108 valence electrons. The zero-order valence-electron chi connectivity index (χ0n) is 11.2. The van der Waals surface area contributed by atoms with E-state index in [0.29, 0.717) is 5.69 Å². The molecule has 0 aliphatic rings. The fourth-order valence-corrected chi connectivity index (χ4v) is 1.39. The monoisotopic (exact) mass is 278 g/mol. The van der Waals surface area contributed by atoms with Crippen molar-refractivity contribution in [2.24, 2.45) is 0 Å². The number of nitrogen functional groups attached to an aromatic ring is 1. The minimum Gasteiger partial charge on any atom is -0.399 e. The first-order valence-electron chi connectivity index (χ1n) is 6.09. The molecule has 7 heteroatoms. The van der Waals surface area contributed by atoms with Gasteiger partial charge in [-0.25, -0.2) is 0 Å². The third-order valence-electron chi connectivity index (χ3n) is 2.52. The lowest BCUT2D eigenvalue weighted by Gasteiger charge is -2.06. The summed E-state index contributed by atoms with van der Waals surface area (Å²) in [4.78, 5) is 33.8. The Hall–Kier alpha value is -2.57. The first-order valence-corrected chi connectivity index (χ1v) is 6.09. The Morgan fingerprint density at radius 3 is 2.10 bits per heavy atom. The minimum atomic E-state index is -0.417. The molecule has 0 saturated carbocycles. The first-order chi connectivity index (χ1) is 9.51. The molecule has 0 radical (unpaired) electrons. The molecule has 5 N–H and O–H groups in total. The van der Waals surface area contributed by atoms with Crippen molar-refractivity contribution in [1.82, 2.24) is 16.0 Å². The Morgan fingerprint density at radius 2 is 1.50 bits per heavy atom. The number of carbonyl (C=O) groups is 3. The molecule has 1 rings (SSSR count). The van der Waals surface area contributed by atoms with Gasteiger partial charge in [0, 0.05) is 12.7 Å². The van der Waals surface area contributed by atoms with E-state index in [4.69, 9.17) is 5.73 Å².